The quantitative estimate of drug-likeness (QED) is 0.670. The van der Waals surface area contributed by atoms with E-state index < -0.39 is 29.3 Å². The first-order valence-corrected chi connectivity index (χ1v) is 9.87. The number of carboxylic acid groups (broad SMARTS) is 1. The van der Waals surface area contributed by atoms with Crippen LogP contribution in [0.3, 0.4) is 0 Å². The van der Waals surface area contributed by atoms with Crippen LogP contribution in [0.1, 0.15) is 17.9 Å². The number of hydrogen-bond acceptors (Lipinski definition) is 4. The molecule has 0 amide bonds. The van der Waals surface area contributed by atoms with Gasteiger partial charge in [-0.3, -0.25) is 14.2 Å². The van der Waals surface area contributed by atoms with Gasteiger partial charge in [0.2, 0.25) is 0 Å². The van der Waals surface area contributed by atoms with Crippen LogP contribution in [0.4, 0.5) is 4.39 Å². The number of carbonyl (C=O) groups is 1. The van der Waals surface area contributed by atoms with Crippen LogP contribution in [0.5, 0.6) is 0 Å². The van der Waals surface area contributed by atoms with Crippen molar-refractivity contribution < 1.29 is 14.3 Å². The van der Waals surface area contributed by atoms with Crippen LogP contribution in [0.15, 0.2) is 58.1 Å². The van der Waals surface area contributed by atoms with Gasteiger partial charge in [-0.1, -0.05) is 30.3 Å². The number of aromatic nitrogens is 2. The highest BCUT2D eigenvalue weighted by Gasteiger charge is 2.36. The molecule has 7 nitrogen and oxygen atoms in total. The van der Waals surface area contributed by atoms with Crippen molar-refractivity contribution in [3.8, 4) is 0 Å². The van der Waals surface area contributed by atoms with Crippen molar-refractivity contribution in [3.05, 3.63) is 80.7 Å². The van der Waals surface area contributed by atoms with E-state index in [9.17, 15) is 23.9 Å². The number of rotatable bonds is 5. The summed E-state index contributed by atoms with van der Waals surface area (Å²) < 4.78 is 15.4. The third-order valence-corrected chi connectivity index (χ3v) is 5.85. The molecule has 3 aromatic rings. The molecule has 1 aliphatic rings. The molecule has 0 aliphatic carbocycles. The number of piperidine rings is 1. The fourth-order valence-corrected chi connectivity index (χ4v) is 4.26. The smallest absolute Gasteiger partial charge is 0.328 e. The Balaban J connectivity index is 1.52. The molecular formula is C22H22FN3O4. The van der Waals surface area contributed by atoms with E-state index in [4.69, 9.17) is 0 Å². The molecule has 30 heavy (non-hydrogen) atoms. The number of fused-ring (bicyclic) bond motifs is 1. The summed E-state index contributed by atoms with van der Waals surface area (Å²) in [6, 6.07) is 13.1. The Hall–Kier alpha value is -3.26. The molecule has 2 unspecified atom stereocenters. The maximum atomic E-state index is 14.2. The van der Waals surface area contributed by atoms with Gasteiger partial charge in [0.15, 0.2) is 0 Å². The molecule has 0 radical (unpaired) electrons. The molecule has 1 fully saturated rings. The largest absolute Gasteiger partial charge is 0.481 e. The van der Waals surface area contributed by atoms with Crippen LogP contribution in [-0.4, -0.2) is 45.2 Å². The number of H-pyrrole nitrogens is 1. The van der Waals surface area contributed by atoms with Crippen LogP contribution in [0, 0.1) is 11.7 Å². The van der Waals surface area contributed by atoms with Gasteiger partial charge in [-0.15, -0.1) is 0 Å². The predicted molar refractivity (Wildman–Crippen MR) is 110 cm³/mol. The van der Waals surface area contributed by atoms with Crippen LogP contribution in [-0.2, 0) is 11.3 Å². The minimum absolute atomic E-state index is 0.149. The minimum atomic E-state index is -0.978. The predicted octanol–water partition coefficient (Wildman–Crippen LogP) is 2.02. The van der Waals surface area contributed by atoms with Crippen molar-refractivity contribution in [1.82, 2.24) is 14.5 Å². The van der Waals surface area contributed by atoms with Crippen LogP contribution >= 0.6 is 0 Å². The molecule has 2 heterocycles. The third kappa shape index (κ3) is 3.78. The number of halogens is 1. The number of aromatic amines is 1. The molecule has 2 atom stereocenters. The molecule has 156 valence electrons. The molecule has 0 saturated carbocycles. The maximum Gasteiger partial charge on any atom is 0.328 e. The van der Waals surface area contributed by atoms with E-state index in [1.54, 1.807) is 42.5 Å². The summed E-state index contributed by atoms with van der Waals surface area (Å²) >= 11 is 0. The van der Waals surface area contributed by atoms with Gasteiger partial charge in [0.1, 0.15) is 5.82 Å². The lowest BCUT2D eigenvalue weighted by atomic mass is 9.80. The van der Waals surface area contributed by atoms with E-state index in [2.05, 4.69) is 4.98 Å². The summed E-state index contributed by atoms with van der Waals surface area (Å²) in [4.78, 5) is 41.5. The standard InChI is InChI=1S/C22H22FN3O4/c23-18-7-3-1-5-15(18)14-9-10-25(13-17(14)21(28)29)11-12-26-20(27)16-6-2-4-8-19(16)24-22(26)30/h1-8,14,17H,9-13H2,(H,24,30)(H,28,29). The zero-order valence-corrected chi connectivity index (χ0v) is 16.3. The number of benzene rings is 2. The van der Waals surface area contributed by atoms with Crippen LogP contribution < -0.4 is 11.2 Å². The highest BCUT2D eigenvalue weighted by atomic mass is 19.1. The lowest BCUT2D eigenvalue weighted by Crippen LogP contribution is -2.46. The third-order valence-electron chi connectivity index (χ3n) is 5.85. The van der Waals surface area contributed by atoms with Crippen molar-refractivity contribution in [3.63, 3.8) is 0 Å². The van der Waals surface area contributed by atoms with Gasteiger partial charge in [-0.05, 0) is 36.7 Å². The highest BCUT2D eigenvalue weighted by Crippen LogP contribution is 2.34. The van der Waals surface area contributed by atoms with E-state index in [-0.39, 0.29) is 18.6 Å². The minimum Gasteiger partial charge on any atom is -0.481 e. The Morgan fingerprint density at radius 1 is 1.10 bits per heavy atom. The number of aliphatic carboxylic acids is 1. The Bertz CT molecular complexity index is 1200. The zero-order chi connectivity index (χ0) is 21.3. The van der Waals surface area contributed by atoms with Gasteiger partial charge in [-0.2, -0.15) is 0 Å². The first kappa shape index (κ1) is 20.0. The van der Waals surface area contributed by atoms with Crippen molar-refractivity contribution in [2.45, 2.75) is 18.9 Å². The molecule has 1 aromatic heterocycles. The Labute approximate surface area is 171 Å². The zero-order valence-electron chi connectivity index (χ0n) is 16.3. The highest BCUT2D eigenvalue weighted by molar-refractivity contribution is 5.76. The SMILES string of the molecule is O=C(O)C1CN(CCn2c(=O)[nH]c3ccccc3c2=O)CCC1c1ccccc1F. The monoisotopic (exact) mass is 411 g/mol. The molecule has 2 N–H and O–H groups in total. The van der Waals surface area contributed by atoms with Crippen molar-refractivity contribution in [2.75, 3.05) is 19.6 Å². The van der Waals surface area contributed by atoms with Crippen molar-refractivity contribution in [2.24, 2.45) is 5.92 Å². The molecule has 1 saturated heterocycles. The van der Waals surface area contributed by atoms with Gasteiger partial charge in [0, 0.05) is 25.6 Å². The molecule has 1 aliphatic heterocycles. The number of likely N-dealkylation sites (tertiary alicyclic amines) is 1. The lowest BCUT2D eigenvalue weighted by Gasteiger charge is -2.36. The Kier molecular flexibility index (Phi) is 5.50. The fraction of sp³-hybridized carbons (Fsp3) is 0.318. The average molecular weight is 411 g/mol. The lowest BCUT2D eigenvalue weighted by molar-refractivity contribution is -0.144. The summed E-state index contributed by atoms with van der Waals surface area (Å²) in [6.07, 6.45) is 0.487. The number of hydrogen-bond donors (Lipinski definition) is 2. The Morgan fingerprint density at radius 3 is 2.60 bits per heavy atom. The van der Waals surface area contributed by atoms with E-state index in [1.165, 1.54) is 6.07 Å². The van der Waals surface area contributed by atoms with Gasteiger partial charge >= 0.3 is 11.7 Å². The topological polar surface area (TPSA) is 95.4 Å². The van der Waals surface area contributed by atoms with Crippen LogP contribution in [0.2, 0.25) is 0 Å². The van der Waals surface area contributed by atoms with E-state index >= 15 is 0 Å². The molecular weight excluding hydrogens is 389 g/mol. The van der Waals surface area contributed by atoms with Crippen molar-refractivity contribution >= 4 is 16.9 Å². The molecule has 0 bridgehead atoms. The fourth-order valence-electron chi connectivity index (χ4n) is 4.26. The molecule has 8 heteroatoms. The number of para-hydroxylation sites is 1. The van der Waals surface area contributed by atoms with Gasteiger partial charge in [0.05, 0.1) is 16.8 Å². The molecule has 0 spiro atoms. The molecule has 4 rings (SSSR count). The average Bonchev–Trinajstić information content (AvgIpc) is 2.74. The summed E-state index contributed by atoms with van der Waals surface area (Å²) in [7, 11) is 0. The second-order valence-corrected chi connectivity index (χ2v) is 7.59. The first-order chi connectivity index (χ1) is 14.5. The first-order valence-electron chi connectivity index (χ1n) is 9.87. The molecule has 2 aromatic carbocycles. The summed E-state index contributed by atoms with van der Waals surface area (Å²) in [5.74, 6) is -2.54. The van der Waals surface area contributed by atoms with E-state index in [1.807, 2.05) is 4.90 Å². The van der Waals surface area contributed by atoms with Gasteiger partial charge in [0.25, 0.3) is 5.56 Å². The summed E-state index contributed by atoms with van der Waals surface area (Å²) in [5.41, 5.74) is 0.0484. The maximum absolute atomic E-state index is 14.2. The normalized spacial score (nSPS) is 19.8. The Morgan fingerprint density at radius 2 is 1.83 bits per heavy atom. The van der Waals surface area contributed by atoms with Gasteiger partial charge in [-0.25, -0.2) is 9.18 Å². The summed E-state index contributed by atoms with van der Waals surface area (Å²) in [6.45, 7) is 1.29. The number of carboxylic acids is 1. The number of nitrogens with zero attached hydrogens (tertiary/aromatic N) is 2. The van der Waals surface area contributed by atoms with E-state index in [0.717, 1.165) is 4.57 Å². The van der Waals surface area contributed by atoms with E-state index in [0.29, 0.717) is 36.0 Å². The van der Waals surface area contributed by atoms with Gasteiger partial charge < -0.3 is 15.0 Å². The second kappa shape index (κ2) is 8.23. The van der Waals surface area contributed by atoms with Crippen LogP contribution in [0.25, 0.3) is 10.9 Å². The second-order valence-electron chi connectivity index (χ2n) is 7.59. The summed E-state index contributed by atoms with van der Waals surface area (Å²) in [5, 5.41) is 10.1. The number of nitrogens with one attached hydrogen (secondary N) is 1. The van der Waals surface area contributed by atoms with Crippen molar-refractivity contribution in [1.29, 1.82) is 0 Å².